The Hall–Kier alpha value is -0.980. The van der Waals surface area contributed by atoms with Gasteiger partial charge in [-0.1, -0.05) is 13.8 Å². The van der Waals surface area contributed by atoms with Crippen LogP contribution in [-0.2, 0) is 16.6 Å². The number of halogens is 1. The van der Waals surface area contributed by atoms with E-state index in [-0.39, 0.29) is 16.6 Å². The van der Waals surface area contributed by atoms with Crippen LogP contribution in [0.2, 0.25) is 0 Å². The molecule has 0 aromatic heterocycles. The van der Waals surface area contributed by atoms with Gasteiger partial charge < -0.3 is 5.32 Å². The van der Waals surface area contributed by atoms with Crippen LogP contribution in [-0.4, -0.2) is 33.4 Å². The number of rotatable bonds is 6. The number of hydrogen-bond acceptors (Lipinski definition) is 3. The van der Waals surface area contributed by atoms with E-state index in [1.165, 1.54) is 16.4 Å². The molecular formula is C14H23FN2O2S. The van der Waals surface area contributed by atoms with E-state index in [1.54, 1.807) is 21.0 Å². The number of hydrogen-bond donors (Lipinski definition) is 1. The Kier molecular flexibility index (Phi) is 5.68. The summed E-state index contributed by atoms with van der Waals surface area (Å²) in [6.07, 6.45) is 0. The van der Waals surface area contributed by atoms with Gasteiger partial charge in [-0.25, -0.2) is 17.1 Å². The SMILES string of the molecule is CNCc1cc(S(=O)(=O)N(C)CC(C)C)cc(C)c1F. The molecule has 0 aliphatic heterocycles. The molecule has 1 aromatic carbocycles. The summed E-state index contributed by atoms with van der Waals surface area (Å²) in [5.74, 6) is -0.127. The molecule has 0 saturated carbocycles. The van der Waals surface area contributed by atoms with E-state index in [0.29, 0.717) is 24.2 Å². The maximum absolute atomic E-state index is 13.9. The van der Waals surface area contributed by atoms with Gasteiger partial charge in [0.25, 0.3) is 0 Å². The van der Waals surface area contributed by atoms with Crippen molar-refractivity contribution in [3.63, 3.8) is 0 Å². The minimum Gasteiger partial charge on any atom is -0.316 e. The summed E-state index contributed by atoms with van der Waals surface area (Å²) in [6, 6.07) is 2.80. The van der Waals surface area contributed by atoms with Crippen molar-refractivity contribution in [2.24, 2.45) is 5.92 Å². The highest BCUT2D eigenvalue weighted by atomic mass is 32.2. The Morgan fingerprint density at radius 1 is 1.35 bits per heavy atom. The molecule has 114 valence electrons. The fourth-order valence-electron chi connectivity index (χ4n) is 2.07. The molecule has 0 amide bonds. The first kappa shape index (κ1) is 17.1. The van der Waals surface area contributed by atoms with Crippen molar-refractivity contribution in [2.45, 2.75) is 32.2 Å². The van der Waals surface area contributed by atoms with Gasteiger partial charge in [-0.3, -0.25) is 0 Å². The third kappa shape index (κ3) is 3.77. The highest BCUT2D eigenvalue weighted by molar-refractivity contribution is 7.89. The average Bonchev–Trinajstić information content (AvgIpc) is 2.33. The van der Waals surface area contributed by atoms with Gasteiger partial charge in [-0.15, -0.1) is 0 Å². The maximum atomic E-state index is 13.9. The van der Waals surface area contributed by atoms with Crippen molar-refractivity contribution in [2.75, 3.05) is 20.6 Å². The summed E-state index contributed by atoms with van der Waals surface area (Å²) >= 11 is 0. The van der Waals surface area contributed by atoms with E-state index in [9.17, 15) is 12.8 Å². The molecule has 0 atom stereocenters. The number of sulfonamides is 1. The molecule has 6 heteroatoms. The van der Waals surface area contributed by atoms with E-state index in [0.717, 1.165) is 0 Å². The summed E-state index contributed by atoms with van der Waals surface area (Å²) in [4.78, 5) is 0.143. The number of nitrogens with zero attached hydrogens (tertiary/aromatic N) is 1. The smallest absolute Gasteiger partial charge is 0.242 e. The Bertz CT molecular complexity index is 571. The van der Waals surface area contributed by atoms with Crippen LogP contribution < -0.4 is 5.32 Å². The molecular weight excluding hydrogens is 279 g/mol. The molecule has 1 rings (SSSR count). The van der Waals surface area contributed by atoms with Crippen LogP contribution in [0.15, 0.2) is 17.0 Å². The first-order valence-corrected chi connectivity index (χ1v) is 8.04. The minimum atomic E-state index is -3.58. The highest BCUT2D eigenvalue weighted by Crippen LogP contribution is 2.22. The maximum Gasteiger partial charge on any atom is 0.242 e. The molecule has 0 spiro atoms. The molecule has 0 radical (unpaired) electrons. The van der Waals surface area contributed by atoms with Crippen molar-refractivity contribution >= 4 is 10.0 Å². The monoisotopic (exact) mass is 302 g/mol. The Morgan fingerprint density at radius 3 is 2.45 bits per heavy atom. The van der Waals surface area contributed by atoms with Crippen LogP contribution >= 0.6 is 0 Å². The molecule has 0 unspecified atom stereocenters. The topological polar surface area (TPSA) is 49.4 Å². The molecule has 0 aliphatic rings. The molecule has 0 saturated heterocycles. The zero-order valence-electron chi connectivity index (χ0n) is 12.7. The fraction of sp³-hybridized carbons (Fsp3) is 0.571. The van der Waals surface area contributed by atoms with Gasteiger partial charge in [-0.2, -0.15) is 0 Å². The quantitative estimate of drug-likeness (QED) is 0.876. The second-order valence-corrected chi connectivity index (χ2v) is 7.47. The van der Waals surface area contributed by atoms with Gasteiger partial charge in [0.1, 0.15) is 5.82 Å². The number of nitrogens with one attached hydrogen (secondary N) is 1. The summed E-state index contributed by atoms with van der Waals surface area (Å²) < 4.78 is 40.2. The minimum absolute atomic E-state index is 0.143. The van der Waals surface area contributed by atoms with Crippen LogP contribution in [0.5, 0.6) is 0 Å². The third-order valence-corrected chi connectivity index (χ3v) is 4.80. The van der Waals surface area contributed by atoms with E-state index in [2.05, 4.69) is 5.32 Å². The molecule has 1 N–H and O–H groups in total. The molecule has 0 bridgehead atoms. The van der Waals surface area contributed by atoms with Crippen molar-refractivity contribution in [3.8, 4) is 0 Å². The van der Waals surface area contributed by atoms with Crippen molar-refractivity contribution in [3.05, 3.63) is 29.1 Å². The summed E-state index contributed by atoms with van der Waals surface area (Å²) in [7, 11) is -0.333. The Labute approximate surface area is 121 Å². The molecule has 1 aromatic rings. The van der Waals surface area contributed by atoms with Gasteiger partial charge in [0.2, 0.25) is 10.0 Å². The summed E-state index contributed by atoms with van der Waals surface area (Å²) in [5, 5.41) is 2.84. The molecule has 0 aliphatic carbocycles. The highest BCUT2D eigenvalue weighted by Gasteiger charge is 2.23. The Morgan fingerprint density at radius 2 is 1.95 bits per heavy atom. The van der Waals surface area contributed by atoms with Gasteiger partial charge in [0, 0.05) is 25.7 Å². The fourth-order valence-corrected chi connectivity index (χ4v) is 3.54. The van der Waals surface area contributed by atoms with Crippen molar-refractivity contribution in [1.82, 2.24) is 9.62 Å². The van der Waals surface area contributed by atoms with E-state index < -0.39 is 10.0 Å². The van der Waals surface area contributed by atoms with E-state index >= 15 is 0 Å². The second kappa shape index (κ2) is 6.65. The van der Waals surface area contributed by atoms with Crippen LogP contribution in [0.4, 0.5) is 4.39 Å². The predicted molar refractivity (Wildman–Crippen MR) is 78.6 cm³/mol. The predicted octanol–water partition coefficient (Wildman–Crippen LogP) is 2.13. The zero-order valence-corrected chi connectivity index (χ0v) is 13.5. The van der Waals surface area contributed by atoms with Crippen LogP contribution in [0.3, 0.4) is 0 Å². The van der Waals surface area contributed by atoms with Crippen LogP contribution in [0.1, 0.15) is 25.0 Å². The normalized spacial score (nSPS) is 12.4. The first-order valence-electron chi connectivity index (χ1n) is 6.60. The molecule has 0 heterocycles. The van der Waals surface area contributed by atoms with E-state index in [4.69, 9.17) is 0 Å². The largest absolute Gasteiger partial charge is 0.316 e. The van der Waals surface area contributed by atoms with Crippen LogP contribution in [0.25, 0.3) is 0 Å². The van der Waals surface area contributed by atoms with Crippen molar-refractivity contribution < 1.29 is 12.8 Å². The van der Waals surface area contributed by atoms with Gasteiger partial charge >= 0.3 is 0 Å². The number of benzene rings is 1. The van der Waals surface area contributed by atoms with Crippen molar-refractivity contribution in [1.29, 1.82) is 0 Å². The van der Waals surface area contributed by atoms with Gasteiger partial charge in [0.15, 0.2) is 0 Å². The second-order valence-electron chi connectivity index (χ2n) is 5.42. The summed E-state index contributed by atoms with van der Waals surface area (Å²) in [5.41, 5.74) is 0.707. The van der Waals surface area contributed by atoms with Crippen LogP contribution in [0, 0.1) is 18.7 Å². The lowest BCUT2D eigenvalue weighted by molar-refractivity contribution is 0.417. The average molecular weight is 302 g/mol. The first-order chi connectivity index (χ1) is 9.20. The lowest BCUT2D eigenvalue weighted by atomic mass is 10.1. The standard InChI is InChI=1S/C14H23FN2O2S/c1-10(2)9-17(5)20(18,19)13-6-11(3)14(15)12(7-13)8-16-4/h6-7,10,16H,8-9H2,1-5H3. The van der Waals surface area contributed by atoms with E-state index in [1.807, 2.05) is 13.8 Å². The summed E-state index contributed by atoms with van der Waals surface area (Å²) in [6.45, 7) is 6.21. The number of aryl methyl sites for hydroxylation is 1. The molecule has 0 fully saturated rings. The van der Waals surface area contributed by atoms with Gasteiger partial charge in [0.05, 0.1) is 4.90 Å². The lowest BCUT2D eigenvalue weighted by Gasteiger charge is -2.20. The zero-order chi connectivity index (χ0) is 15.5. The molecule has 4 nitrogen and oxygen atoms in total. The van der Waals surface area contributed by atoms with Gasteiger partial charge in [-0.05, 0) is 37.6 Å². The Balaban J connectivity index is 3.25. The molecule has 20 heavy (non-hydrogen) atoms. The third-order valence-electron chi connectivity index (χ3n) is 3.00. The lowest BCUT2D eigenvalue weighted by Crippen LogP contribution is -2.30.